The number of aliphatic hydroxyl groups excluding tert-OH is 1. The zero-order valence-electron chi connectivity index (χ0n) is 21.9. The van der Waals surface area contributed by atoms with E-state index in [-0.39, 0.29) is 16.2 Å². The van der Waals surface area contributed by atoms with Crippen LogP contribution in [0.15, 0.2) is 18.2 Å². The van der Waals surface area contributed by atoms with E-state index >= 15 is 0 Å². The summed E-state index contributed by atoms with van der Waals surface area (Å²) in [5.41, 5.74) is 1.26. The fraction of sp³-hybridized carbons (Fsp3) is 0.760. The molecule has 0 amide bonds. The topological polar surface area (TPSA) is 41.9 Å². The predicted octanol–water partition coefficient (Wildman–Crippen LogP) is 6.97. The lowest BCUT2D eigenvalue weighted by molar-refractivity contribution is 0.157. The van der Waals surface area contributed by atoms with Gasteiger partial charge >= 0.3 is 0 Å². The lowest BCUT2D eigenvalue weighted by Crippen LogP contribution is -2.45. The van der Waals surface area contributed by atoms with Crippen molar-refractivity contribution in [3.05, 3.63) is 23.8 Å². The maximum atomic E-state index is 10.1. The largest absolute Gasteiger partial charge is 0.541 e. The van der Waals surface area contributed by atoms with E-state index < -0.39 is 16.6 Å². The Labute approximate surface area is 193 Å². The Morgan fingerprint density at radius 3 is 1.90 bits per heavy atom. The average molecular weight is 466 g/mol. The van der Waals surface area contributed by atoms with E-state index in [9.17, 15) is 5.11 Å². The van der Waals surface area contributed by atoms with Gasteiger partial charge in [0.05, 0.1) is 6.10 Å². The second kappa shape index (κ2) is 9.20. The highest BCUT2D eigenvalue weighted by atomic mass is 28.4. The van der Waals surface area contributed by atoms with Gasteiger partial charge in [-0.3, -0.25) is 4.90 Å². The zero-order valence-corrected chi connectivity index (χ0v) is 23.9. The van der Waals surface area contributed by atoms with E-state index in [1.165, 1.54) is 5.56 Å². The van der Waals surface area contributed by atoms with Crippen molar-refractivity contribution < 1.29 is 14.0 Å². The van der Waals surface area contributed by atoms with Gasteiger partial charge in [-0.1, -0.05) is 54.5 Å². The van der Waals surface area contributed by atoms with Crippen molar-refractivity contribution in [2.45, 2.75) is 110 Å². The molecule has 1 aromatic carbocycles. The van der Waals surface area contributed by atoms with Crippen molar-refractivity contribution >= 4 is 16.6 Å². The van der Waals surface area contributed by atoms with Crippen LogP contribution in [0.1, 0.15) is 72.9 Å². The summed E-state index contributed by atoms with van der Waals surface area (Å²) in [4.78, 5) is 2.41. The Kier molecular flexibility index (Phi) is 7.84. The van der Waals surface area contributed by atoms with Gasteiger partial charge in [0.25, 0.3) is 16.6 Å². The molecule has 1 N–H and O–H groups in total. The third kappa shape index (κ3) is 6.15. The number of aliphatic hydroxyl groups is 1. The van der Waals surface area contributed by atoms with Crippen LogP contribution in [0, 0.1) is 0 Å². The lowest BCUT2D eigenvalue weighted by atomic mass is 10.0. The first-order valence-electron chi connectivity index (χ1n) is 11.9. The molecule has 0 aromatic heterocycles. The maximum Gasteiger partial charge on any atom is 0.250 e. The van der Waals surface area contributed by atoms with Gasteiger partial charge < -0.3 is 14.0 Å². The molecule has 0 saturated carbocycles. The lowest BCUT2D eigenvalue weighted by Gasteiger charge is -2.40. The number of β-amino-alcohol motifs (C(OH)–C–C–N with tert-alkyl or cyclic N) is 1. The second-order valence-electron chi connectivity index (χ2n) is 12.3. The van der Waals surface area contributed by atoms with E-state index in [0.717, 1.165) is 37.4 Å². The molecular weight excluding hydrogens is 418 g/mol. The summed E-state index contributed by atoms with van der Waals surface area (Å²) in [6.45, 7) is 26.7. The Balaban J connectivity index is 2.48. The molecule has 0 aliphatic carbocycles. The van der Waals surface area contributed by atoms with Crippen LogP contribution in [-0.2, 0) is 0 Å². The summed E-state index contributed by atoms with van der Waals surface area (Å²) >= 11 is 0. The van der Waals surface area contributed by atoms with Crippen LogP contribution in [0.2, 0.25) is 36.3 Å². The number of hydrogen-bond donors (Lipinski definition) is 1. The molecule has 0 bridgehead atoms. The molecule has 2 atom stereocenters. The summed E-state index contributed by atoms with van der Waals surface area (Å²) < 4.78 is 13.6. The standard InChI is InChI=1S/C25H47NO3Si2/c1-12-21(26-16-15-20(27)18-26)19-13-14-22(28-30(8,9)24(2,3)4)23(17-19)29-31(10,11)25(5,6)7/h13-14,17,20-21,27H,12,15-16,18H2,1-11H3. The normalized spacial score (nSPS) is 20.1. The van der Waals surface area contributed by atoms with Crippen molar-refractivity contribution in [1.29, 1.82) is 0 Å². The van der Waals surface area contributed by atoms with Crippen molar-refractivity contribution in [3.8, 4) is 11.5 Å². The van der Waals surface area contributed by atoms with Crippen molar-refractivity contribution in [2.24, 2.45) is 0 Å². The Hall–Kier alpha value is -0.826. The second-order valence-corrected chi connectivity index (χ2v) is 21.7. The van der Waals surface area contributed by atoms with Gasteiger partial charge in [0.1, 0.15) is 11.5 Å². The molecule has 31 heavy (non-hydrogen) atoms. The summed E-state index contributed by atoms with van der Waals surface area (Å²) in [6.07, 6.45) is 1.66. The molecule has 6 heteroatoms. The molecule has 4 nitrogen and oxygen atoms in total. The van der Waals surface area contributed by atoms with Gasteiger partial charge in [-0.25, -0.2) is 0 Å². The number of rotatable bonds is 7. The van der Waals surface area contributed by atoms with Gasteiger partial charge in [0, 0.05) is 19.1 Å². The SMILES string of the molecule is CCC(c1ccc(O[Si](C)(C)C(C)(C)C)c(O[Si](C)(C)C(C)(C)C)c1)N1CCC(O)C1. The van der Waals surface area contributed by atoms with Crippen LogP contribution >= 0.6 is 0 Å². The fourth-order valence-corrected chi connectivity index (χ4v) is 5.55. The minimum atomic E-state index is -2.03. The highest BCUT2D eigenvalue weighted by Crippen LogP contribution is 2.44. The first-order chi connectivity index (χ1) is 14.0. The number of benzene rings is 1. The fourth-order valence-electron chi connectivity index (χ4n) is 3.51. The van der Waals surface area contributed by atoms with Crippen LogP contribution in [0.3, 0.4) is 0 Å². The number of nitrogens with zero attached hydrogens (tertiary/aromatic N) is 1. The molecule has 1 aromatic rings. The van der Waals surface area contributed by atoms with Crippen molar-refractivity contribution in [2.75, 3.05) is 13.1 Å². The average Bonchev–Trinajstić information content (AvgIpc) is 3.01. The molecule has 178 valence electrons. The third-order valence-electron chi connectivity index (χ3n) is 7.72. The van der Waals surface area contributed by atoms with Crippen LogP contribution in [-0.4, -0.2) is 45.8 Å². The summed E-state index contributed by atoms with van der Waals surface area (Å²) in [6, 6.07) is 6.86. The molecule has 1 heterocycles. The van der Waals surface area contributed by atoms with Crippen molar-refractivity contribution in [1.82, 2.24) is 4.90 Å². The number of hydrogen-bond acceptors (Lipinski definition) is 4. The van der Waals surface area contributed by atoms with Gasteiger partial charge in [-0.05, 0) is 66.8 Å². The third-order valence-corrected chi connectivity index (χ3v) is 16.4. The molecule has 1 aliphatic rings. The van der Waals surface area contributed by atoms with E-state index in [1.54, 1.807) is 0 Å². The van der Waals surface area contributed by atoms with E-state index in [4.69, 9.17) is 8.85 Å². The molecule has 0 spiro atoms. The van der Waals surface area contributed by atoms with Gasteiger partial charge in [-0.15, -0.1) is 0 Å². The Morgan fingerprint density at radius 2 is 1.48 bits per heavy atom. The van der Waals surface area contributed by atoms with E-state index in [0.29, 0.717) is 6.04 Å². The van der Waals surface area contributed by atoms with Crippen molar-refractivity contribution in [3.63, 3.8) is 0 Å². The summed E-state index contributed by atoms with van der Waals surface area (Å²) in [7, 11) is -4.02. The summed E-state index contributed by atoms with van der Waals surface area (Å²) in [5.74, 6) is 1.78. The smallest absolute Gasteiger partial charge is 0.250 e. The van der Waals surface area contributed by atoms with Crippen LogP contribution in [0.5, 0.6) is 11.5 Å². The molecule has 2 unspecified atom stereocenters. The van der Waals surface area contributed by atoms with Crippen LogP contribution in [0.25, 0.3) is 0 Å². The molecule has 0 radical (unpaired) electrons. The highest BCUT2D eigenvalue weighted by Gasteiger charge is 2.42. The van der Waals surface area contributed by atoms with Crippen LogP contribution in [0.4, 0.5) is 0 Å². The molecule has 1 fully saturated rings. The first-order valence-corrected chi connectivity index (χ1v) is 17.7. The minimum Gasteiger partial charge on any atom is -0.541 e. The quantitative estimate of drug-likeness (QED) is 0.441. The maximum absolute atomic E-state index is 10.1. The predicted molar refractivity (Wildman–Crippen MR) is 137 cm³/mol. The van der Waals surface area contributed by atoms with Crippen LogP contribution < -0.4 is 8.85 Å². The molecular formula is C25H47NO3Si2. The molecule has 1 saturated heterocycles. The Morgan fingerprint density at radius 1 is 0.968 bits per heavy atom. The monoisotopic (exact) mass is 465 g/mol. The van der Waals surface area contributed by atoms with E-state index in [1.807, 2.05) is 0 Å². The molecule has 2 rings (SSSR count). The van der Waals surface area contributed by atoms with E-state index in [2.05, 4.69) is 97.8 Å². The van der Waals surface area contributed by atoms with Gasteiger partial charge in [0.15, 0.2) is 0 Å². The van der Waals surface area contributed by atoms with Gasteiger partial charge in [0.2, 0.25) is 0 Å². The summed E-state index contributed by atoms with van der Waals surface area (Å²) in [5, 5.41) is 10.3. The Bertz CT molecular complexity index is 750. The minimum absolute atomic E-state index is 0.112. The van der Waals surface area contributed by atoms with Gasteiger partial charge in [-0.2, -0.15) is 0 Å². The molecule has 1 aliphatic heterocycles. The first kappa shape index (κ1) is 26.4. The highest BCUT2D eigenvalue weighted by molar-refractivity contribution is 6.75. The number of likely N-dealkylation sites (tertiary alicyclic amines) is 1. The zero-order chi connectivity index (χ0) is 23.8.